The van der Waals surface area contributed by atoms with Crippen LogP contribution in [0.25, 0.3) is 5.69 Å². The van der Waals surface area contributed by atoms with Crippen molar-refractivity contribution < 1.29 is 18.6 Å². The van der Waals surface area contributed by atoms with Crippen molar-refractivity contribution in [3.63, 3.8) is 0 Å². The largest absolute Gasteiger partial charge is 0.472 e. The second-order valence-corrected chi connectivity index (χ2v) is 11.2. The lowest BCUT2D eigenvalue weighted by molar-refractivity contribution is -0.0748. The molecule has 3 aliphatic rings. The zero-order chi connectivity index (χ0) is 27.2. The molecule has 0 radical (unpaired) electrons. The first-order chi connectivity index (χ1) is 18.8. The Morgan fingerprint density at radius 3 is 2.82 bits per heavy atom. The number of nitrogens with zero attached hydrogens (tertiary/aromatic N) is 7. The molecule has 2 saturated heterocycles. The van der Waals surface area contributed by atoms with Gasteiger partial charge in [0.05, 0.1) is 19.4 Å². The molecule has 3 aromatic rings. The number of rotatable bonds is 8. The monoisotopic (exact) mass is 539 g/mol. The third kappa shape index (κ3) is 4.68. The van der Waals surface area contributed by atoms with Gasteiger partial charge in [-0.2, -0.15) is 9.67 Å². The summed E-state index contributed by atoms with van der Waals surface area (Å²) < 4.78 is 33.5. The second-order valence-electron chi connectivity index (χ2n) is 11.2. The van der Waals surface area contributed by atoms with Gasteiger partial charge in [-0.1, -0.05) is 0 Å². The van der Waals surface area contributed by atoms with E-state index >= 15 is 0 Å². The Kier molecular flexibility index (Phi) is 6.60. The Bertz CT molecular complexity index is 1340. The van der Waals surface area contributed by atoms with E-state index in [0.717, 1.165) is 19.4 Å². The molecule has 0 amide bonds. The highest BCUT2D eigenvalue weighted by atomic mass is 19.1. The van der Waals surface area contributed by atoms with Crippen LogP contribution in [0.5, 0.6) is 5.75 Å². The summed E-state index contributed by atoms with van der Waals surface area (Å²) in [5.74, 6) is 1.04. The smallest absolute Gasteiger partial charge is 0.229 e. The fraction of sp³-hybridized carbons (Fsp3) is 0.577. The van der Waals surface area contributed by atoms with E-state index in [1.165, 1.54) is 19.0 Å². The molecular formula is C26H34FN9O3. The van der Waals surface area contributed by atoms with Crippen LogP contribution in [0.2, 0.25) is 0 Å². The number of hydrogen-bond acceptors (Lipinski definition) is 11. The normalized spacial score (nSPS) is 22.9. The number of ether oxygens (including phenoxy) is 3. The first-order valence-corrected chi connectivity index (χ1v) is 13.2. The van der Waals surface area contributed by atoms with Crippen molar-refractivity contribution in [2.75, 3.05) is 44.6 Å². The van der Waals surface area contributed by atoms with E-state index in [1.54, 1.807) is 18.9 Å². The zero-order valence-corrected chi connectivity index (χ0v) is 22.6. The van der Waals surface area contributed by atoms with Gasteiger partial charge in [0, 0.05) is 37.5 Å². The molecule has 13 heteroatoms. The summed E-state index contributed by atoms with van der Waals surface area (Å²) in [7, 11) is 3.17. The topological polar surface area (TPSA) is 124 Å². The molecule has 1 aromatic carbocycles. The lowest BCUT2D eigenvalue weighted by Crippen LogP contribution is -2.55. The Morgan fingerprint density at radius 2 is 2.03 bits per heavy atom. The van der Waals surface area contributed by atoms with E-state index < -0.39 is 11.4 Å². The summed E-state index contributed by atoms with van der Waals surface area (Å²) in [4.78, 5) is 11.2. The Balaban J connectivity index is 1.22. The number of anilines is 3. The van der Waals surface area contributed by atoms with Crippen molar-refractivity contribution in [2.45, 2.75) is 62.8 Å². The maximum atomic E-state index is 14.8. The summed E-state index contributed by atoms with van der Waals surface area (Å²) in [6.45, 7) is 6.09. The molecule has 208 valence electrons. The molecule has 2 atom stereocenters. The number of fused-ring (bicyclic) bond motifs is 4. The number of nitrogens with one attached hydrogen (secondary N) is 2. The number of piperidine rings is 1. The molecule has 3 aliphatic heterocycles. The highest BCUT2D eigenvalue weighted by Crippen LogP contribution is 2.40. The van der Waals surface area contributed by atoms with E-state index in [4.69, 9.17) is 14.2 Å². The van der Waals surface area contributed by atoms with E-state index in [1.807, 2.05) is 18.2 Å². The molecule has 0 saturated carbocycles. The van der Waals surface area contributed by atoms with Gasteiger partial charge in [-0.3, -0.25) is 4.90 Å². The average Bonchev–Trinajstić information content (AvgIpc) is 3.58. The summed E-state index contributed by atoms with van der Waals surface area (Å²) in [5, 5.41) is 18.8. The molecule has 12 nitrogen and oxygen atoms in total. The van der Waals surface area contributed by atoms with Crippen LogP contribution in [0, 0.1) is 5.82 Å². The maximum absolute atomic E-state index is 14.8. The highest BCUT2D eigenvalue weighted by Gasteiger charge is 2.45. The van der Waals surface area contributed by atoms with Crippen molar-refractivity contribution in [1.29, 1.82) is 0 Å². The maximum Gasteiger partial charge on any atom is 0.229 e. The average molecular weight is 540 g/mol. The van der Waals surface area contributed by atoms with Gasteiger partial charge in [0.1, 0.15) is 11.4 Å². The molecule has 2 N–H and O–H groups in total. The fourth-order valence-electron chi connectivity index (χ4n) is 6.40. The number of aromatic nitrogens is 6. The van der Waals surface area contributed by atoms with E-state index in [2.05, 4.69) is 54.9 Å². The van der Waals surface area contributed by atoms with Crippen LogP contribution >= 0.6 is 0 Å². The zero-order valence-electron chi connectivity index (χ0n) is 22.6. The van der Waals surface area contributed by atoms with E-state index in [9.17, 15) is 4.39 Å². The van der Waals surface area contributed by atoms with Crippen LogP contribution in [0.4, 0.5) is 21.8 Å². The van der Waals surface area contributed by atoms with Crippen LogP contribution < -0.4 is 15.4 Å². The molecule has 6 rings (SSSR count). The molecule has 0 bridgehead atoms. The molecule has 5 heterocycles. The van der Waals surface area contributed by atoms with Crippen LogP contribution in [-0.4, -0.2) is 86.7 Å². The molecule has 0 aliphatic carbocycles. The quantitative estimate of drug-likeness (QED) is 0.439. The van der Waals surface area contributed by atoms with Gasteiger partial charge in [-0.15, -0.1) is 5.10 Å². The van der Waals surface area contributed by atoms with Crippen molar-refractivity contribution in [3.05, 3.63) is 36.0 Å². The van der Waals surface area contributed by atoms with Crippen LogP contribution in [0.3, 0.4) is 0 Å². The lowest BCUT2D eigenvalue weighted by atomic mass is 9.84. The molecule has 0 spiro atoms. The predicted octanol–water partition coefficient (Wildman–Crippen LogP) is 3.03. The standard InChI is InChI=1S/C26H34FN9O3/c1-25(2)12-17(10-18-6-5-9-35(18)25)29-22-19(27)13-28-24(31-22)30-16-7-8-21-20(11-16)36-23(32-33-34-36)26(39-21,14-37-3)15-38-4/h7-8,11,13,17-18H,5-6,9-10,12,14-15H2,1-4H3,(H2,28,29,30,31)/t17-,18+/m1/s1. The Labute approximate surface area is 226 Å². The SMILES string of the molecule is COCC1(COC)Oc2ccc(Nc3ncc(F)c(N[C@@H]4C[C@@H]5CCCN5C(C)(C)C4)n3)cc2-n2nnnc21. The summed E-state index contributed by atoms with van der Waals surface area (Å²) in [5.41, 5.74) is 0.377. The second kappa shape index (κ2) is 9.96. The predicted molar refractivity (Wildman–Crippen MR) is 141 cm³/mol. The third-order valence-electron chi connectivity index (χ3n) is 7.92. The number of methoxy groups -OCH3 is 2. The van der Waals surface area contributed by atoms with E-state index in [0.29, 0.717) is 29.0 Å². The van der Waals surface area contributed by atoms with Crippen molar-refractivity contribution in [2.24, 2.45) is 0 Å². The van der Waals surface area contributed by atoms with Gasteiger partial charge in [0.15, 0.2) is 11.6 Å². The van der Waals surface area contributed by atoms with Crippen LogP contribution in [0.15, 0.2) is 24.4 Å². The van der Waals surface area contributed by atoms with Crippen molar-refractivity contribution in [1.82, 2.24) is 35.1 Å². The van der Waals surface area contributed by atoms with Gasteiger partial charge >= 0.3 is 0 Å². The minimum atomic E-state index is -0.987. The first-order valence-electron chi connectivity index (χ1n) is 13.2. The van der Waals surface area contributed by atoms with Crippen molar-refractivity contribution >= 4 is 17.5 Å². The minimum absolute atomic E-state index is 0.0615. The lowest BCUT2D eigenvalue weighted by Gasteiger charge is -2.47. The number of benzene rings is 1. The summed E-state index contributed by atoms with van der Waals surface area (Å²) in [6, 6.07) is 6.13. The molecular weight excluding hydrogens is 505 g/mol. The Hall–Kier alpha value is -3.42. The summed E-state index contributed by atoms with van der Waals surface area (Å²) >= 11 is 0. The number of tetrazole rings is 1. The fourth-order valence-corrected chi connectivity index (χ4v) is 6.40. The Morgan fingerprint density at radius 1 is 1.21 bits per heavy atom. The molecule has 2 fully saturated rings. The molecule has 0 unspecified atom stereocenters. The van der Waals surface area contributed by atoms with Gasteiger partial charge < -0.3 is 24.8 Å². The molecule has 39 heavy (non-hydrogen) atoms. The van der Waals surface area contributed by atoms with Gasteiger partial charge in [-0.05, 0) is 74.7 Å². The summed E-state index contributed by atoms with van der Waals surface area (Å²) in [6.07, 6.45) is 5.49. The van der Waals surface area contributed by atoms with E-state index in [-0.39, 0.29) is 36.6 Å². The van der Waals surface area contributed by atoms with Gasteiger partial charge in [-0.25, -0.2) is 9.37 Å². The van der Waals surface area contributed by atoms with Crippen LogP contribution in [-0.2, 0) is 15.1 Å². The first kappa shape index (κ1) is 25.8. The van der Waals surface area contributed by atoms with Crippen molar-refractivity contribution in [3.8, 4) is 11.4 Å². The number of hydrogen-bond donors (Lipinski definition) is 2. The molecule has 2 aromatic heterocycles. The van der Waals surface area contributed by atoms with Gasteiger partial charge in [0.2, 0.25) is 17.4 Å². The third-order valence-corrected chi connectivity index (χ3v) is 7.92. The van der Waals surface area contributed by atoms with Crippen LogP contribution in [0.1, 0.15) is 45.4 Å². The number of halogens is 1. The van der Waals surface area contributed by atoms with Gasteiger partial charge in [0.25, 0.3) is 0 Å². The highest BCUT2D eigenvalue weighted by molar-refractivity contribution is 5.64. The minimum Gasteiger partial charge on any atom is -0.472 e.